The molecule has 0 bridgehead atoms. The van der Waals surface area contributed by atoms with Crippen LogP contribution in [-0.2, 0) is 4.79 Å². The molecule has 3 rings (SSSR count). The zero-order valence-corrected chi connectivity index (χ0v) is 16.6. The number of methoxy groups -OCH3 is 1. The van der Waals surface area contributed by atoms with Crippen LogP contribution in [0.25, 0.3) is 11.2 Å². The van der Waals surface area contributed by atoms with E-state index < -0.39 is 5.25 Å². The van der Waals surface area contributed by atoms with Crippen molar-refractivity contribution in [2.45, 2.75) is 30.5 Å². The molecular formula is C18H22N6O3S. The topological polar surface area (TPSA) is 139 Å². The van der Waals surface area contributed by atoms with Gasteiger partial charge in [0.05, 0.1) is 18.7 Å². The van der Waals surface area contributed by atoms with E-state index in [2.05, 4.69) is 25.3 Å². The van der Waals surface area contributed by atoms with E-state index in [1.54, 1.807) is 12.1 Å². The van der Waals surface area contributed by atoms with Gasteiger partial charge in [-0.25, -0.2) is 9.97 Å². The van der Waals surface area contributed by atoms with Gasteiger partial charge >= 0.3 is 0 Å². The van der Waals surface area contributed by atoms with Crippen LogP contribution in [0.4, 0.5) is 11.6 Å². The van der Waals surface area contributed by atoms with Gasteiger partial charge in [-0.2, -0.15) is 4.98 Å². The maximum Gasteiger partial charge on any atom is 0.237 e. The summed E-state index contributed by atoms with van der Waals surface area (Å²) >= 11 is 1.31. The normalized spacial score (nSPS) is 12.3. The Kier molecular flexibility index (Phi) is 5.88. The number of fused-ring (bicyclic) bond motifs is 1. The zero-order valence-electron chi connectivity index (χ0n) is 15.8. The molecule has 1 amide bonds. The number of aromatic hydroxyl groups is 1. The lowest BCUT2D eigenvalue weighted by atomic mass is 10.1. The first-order chi connectivity index (χ1) is 13.4. The van der Waals surface area contributed by atoms with Gasteiger partial charge in [0.1, 0.15) is 10.5 Å². The summed E-state index contributed by atoms with van der Waals surface area (Å²) in [4.78, 5) is 28.4. The van der Waals surface area contributed by atoms with Crippen LogP contribution in [0.15, 0.2) is 29.6 Å². The number of carbonyl (C=O) groups excluding carboxylic acids is 1. The number of hydrogen-bond donors (Lipinski definition) is 4. The molecule has 0 unspecified atom stereocenters. The van der Waals surface area contributed by atoms with Gasteiger partial charge in [-0.15, -0.1) is 0 Å². The second-order valence-corrected chi connectivity index (χ2v) is 7.79. The molecule has 10 heteroatoms. The molecule has 2 aromatic heterocycles. The molecule has 148 valence electrons. The van der Waals surface area contributed by atoms with Crippen molar-refractivity contribution >= 4 is 40.5 Å². The number of aromatic amines is 1. The summed E-state index contributed by atoms with van der Waals surface area (Å²) in [6.07, 6.45) is 2.15. The highest BCUT2D eigenvalue weighted by atomic mass is 32.2. The molecular weight excluding hydrogens is 380 g/mol. The summed E-state index contributed by atoms with van der Waals surface area (Å²) in [6, 6.07) is 4.65. The van der Waals surface area contributed by atoms with E-state index in [4.69, 9.17) is 10.5 Å². The molecule has 0 aliphatic heterocycles. The molecule has 5 N–H and O–H groups in total. The Morgan fingerprint density at radius 1 is 1.39 bits per heavy atom. The lowest BCUT2D eigenvalue weighted by Crippen LogP contribution is -2.27. The number of anilines is 2. The maximum absolute atomic E-state index is 13.0. The summed E-state index contributed by atoms with van der Waals surface area (Å²) in [6.45, 7) is 4.09. The van der Waals surface area contributed by atoms with Gasteiger partial charge in [-0.05, 0) is 24.5 Å². The predicted molar refractivity (Wildman–Crippen MR) is 108 cm³/mol. The standard InChI is InChI=1S/C18H22N6O3S/c1-9(2)6-13(16(26)22-10-4-5-11(25)12(7-10)27-3)28-17-14-15(21-8-20-14)23-18(19)24-17/h4-5,7-9,13,25H,6H2,1-3H3,(H,22,26)(H3,19,20,21,23,24)/t13-/m0/s1. The van der Waals surface area contributed by atoms with Gasteiger partial charge in [0.15, 0.2) is 17.1 Å². The highest BCUT2D eigenvalue weighted by molar-refractivity contribution is 8.00. The number of amides is 1. The number of imidazole rings is 1. The summed E-state index contributed by atoms with van der Waals surface area (Å²) < 4.78 is 5.09. The molecule has 0 saturated heterocycles. The summed E-state index contributed by atoms with van der Waals surface area (Å²) in [5.74, 6) is 0.500. The van der Waals surface area contributed by atoms with Gasteiger partial charge in [0, 0.05) is 11.8 Å². The number of hydrogen-bond acceptors (Lipinski definition) is 8. The molecule has 0 saturated carbocycles. The number of nitrogens with two attached hydrogens (primary N) is 1. The fourth-order valence-electron chi connectivity index (χ4n) is 2.66. The Labute approximate surface area is 166 Å². The second-order valence-electron chi connectivity index (χ2n) is 6.60. The van der Waals surface area contributed by atoms with Crippen molar-refractivity contribution in [1.29, 1.82) is 0 Å². The SMILES string of the molecule is COc1cc(NC(=O)[C@H](CC(C)C)Sc2nc(N)nc3nc[nH]c23)ccc1O. The fourth-order valence-corrected chi connectivity index (χ4v) is 3.99. The van der Waals surface area contributed by atoms with Gasteiger partial charge in [0.2, 0.25) is 11.9 Å². The first-order valence-electron chi connectivity index (χ1n) is 8.68. The number of nitrogens with one attached hydrogen (secondary N) is 2. The number of phenols is 1. The number of thioether (sulfide) groups is 1. The summed E-state index contributed by atoms with van der Waals surface area (Å²) in [7, 11) is 1.45. The van der Waals surface area contributed by atoms with Crippen LogP contribution in [0.3, 0.4) is 0 Å². The lowest BCUT2D eigenvalue weighted by molar-refractivity contribution is -0.116. The van der Waals surface area contributed by atoms with Crippen LogP contribution in [0.5, 0.6) is 11.5 Å². The van der Waals surface area contributed by atoms with Crippen LogP contribution < -0.4 is 15.8 Å². The van der Waals surface area contributed by atoms with Crippen LogP contribution in [0.1, 0.15) is 20.3 Å². The number of nitrogen functional groups attached to an aromatic ring is 1. The third kappa shape index (κ3) is 4.45. The smallest absolute Gasteiger partial charge is 0.237 e. The minimum Gasteiger partial charge on any atom is -0.504 e. The average molecular weight is 402 g/mol. The quantitative estimate of drug-likeness (QED) is 0.269. The van der Waals surface area contributed by atoms with Crippen LogP contribution >= 0.6 is 11.8 Å². The van der Waals surface area contributed by atoms with Crippen molar-refractivity contribution in [3.63, 3.8) is 0 Å². The van der Waals surface area contributed by atoms with Crippen molar-refractivity contribution in [3.05, 3.63) is 24.5 Å². The molecule has 0 aliphatic rings. The Morgan fingerprint density at radius 3 is 2.89 bits per heavy atom. The molecule has 3 aromatic rings. The van der Waals surface area contributed by atoms with Crippen LogP contribution in [-0.4, -0.2) is 43.3 Å². The highest BCUT2D eigenvalue weighted by Crippen LogP contribution is 2.33. The van der Waals surface area contributed by atoms with E-state index in [0.717, 1.165) is 0 Å². The van der Waals surface area contributed by atoms with Gasteiger partial charge < -0.3 is 25.9 Å². The highest BCUT2D eigenvalue weighted by Gasteiger charge is 2.24. The molecule has 28 heavy (non-hydrogen) atoms. The first-order valence-corrected chi connectivity index (χ1v) is 9.56. The molecule has 0 radical (unpaired) electrons. The van der Waals surface area contributed by atoms with Crippen LogP contribution in [0, 0.1) is 5.92 Å². The fraction of sp³-hybridized carbons (Fsp3) is 0.333. The predicted octanol–water partition coefficient (Wildman–Crippen LogP) is 2.79. The lowest BCUT2D eigenvalue weighted by Gasteiger charge is -2.18. The van der Waals surface area contributed by atoms with E-state index in [0.29, 0.717) is 28.3 Å². The monoisotopic (exact) mass is 402 g/mol. The molecule has 1 aromatic carbocycles. The number of aromatic nitrogens is 4. The van der Waals surface area contributed by atoms with Crippen molar-refractivity contribution in [3.8, 4) is 11.5 Å². The van der Waals surface area contributed by atoms with E-state index in [9.17, 15) is 9.90 Å². The number of phenolic OH excluding ortho intramolecular Hbond substituents is 1. The first kappa shape index (κ1) is 19.7. The van der Waals surface area contributed by atoms with E-state index in [-0.39, 0.29) is 29.3 Å². The van der Waals surface area contributed by atoms with Gasteiger partial charge in [-0.3, -0.25) is 4.79 Å². The van der Waals surface area contributed by atoms with Crippen molar-refractivity contribution in [2.75, 3.05) is 18.2 Å². The van der Waals surface area contributed by atoms with Crippen LogP contribution in [0.2, 0.25) is 0 Å². The van der Waals surface area contributed by atoms with Gasteiger partial charge in [-0.1, -0.05) is 25.6 Å². The molecule has 0 spiro atoms. The number of H-pyrrole nitrogens is 1. The molecule has 9 nitrogen and oxygen atoms in total. The molecule has 1 atom stereocenters. The van der Waals surface area contributed by atoms with Crippen molar-refractivity contribution in [1.82, 2.24) is 19.9 Å². The number of ether oxygens (including phenoxy) is 1. The Morgan fingerprint density at radius 2 is 2.18 bits per heavy atom. The number of benzene rings is 1. The number of carbonyl (C=O) groups is 1. The Balaban J connectivity index is 1.85. The third-order valence-corrected chi connectivity index (χ3v) is 5.16. The third-order valence-electron chi connectivity index (χ3n) is 3.95. The molecule has 2 heterocycles. The van der Waals surface area contributed by atoms with E-state index in [1.165, 1.54) is 31.3 Å². The number of rotatable bonds is 7. The number of nitrogens with zero attached hydrogens (tertiary/aromatic N) is 3. The average Bonchev–Trinajstić information content (AvgIpc) is 3.10. The van der Waals surface area contributed by atoms with Crippen molar-refractivity contribution < 1.29 is 14.6 Å². The Hall–Kier alpha value is -3.01. The minimum atomic E-state index is -0.416. The largest absolute Gasteiger partial charge is 0.504 e. The molecule has 0 fully saturated rings. The summed E-state index contributed by atoms with van der Waals surface area (Å²) in [5, 5.41) is 12.8. The maximum atomic E-state index is 13.0. The minimum absolute atomic E-state index is 0.00621. The van der Waals surface area contributed by atoms with Gasteiger partial charge in [0.25, 0.3) is 0 Å². The van der Waals surface area contributed by atoms with Crippen molar-refractivity contribution in [2.24, 2.45) is 5.92 Å². The second kappa shape index (κ2) is 8.34. The summed E-state index contributed by atoms with van der Waals surface area (Å²) in [5.41, 5.74) is 7.42. The zero-order chi connectivity index (χ0) is 20.3. The van der Waals surface area contributed by atoms with E-state index in [1.807, 2.05) is 13.8 Å². The Bertz CT molecular complexity index is 991. The van der Waals surface area contributed by atoms with E-state index >= 15 is 0 Å². The molecule has 0 aliphatic carbocycles.